The highest BCUT2D eigenvalue weighted by molar-refractivity contribution is 7.93. The Bertz CT molecular complexity index is 1170. The third-order valence-electron chi connectivity index (χ3n) is 3.82. The zero-order chi connectivity index (χ0) is 17.4. The molecule has 2 aromatic carbocycles. The molecule has 0 atom stereocenters. The Hall–Kier alpha value is -2.64. The van der Waals surface area contributed by atoms with Crippen LogP contribution in [-0.2, 0) is 9.84 Å². The molecule has 0 spiro atoms. The molecule has 5 nitrogen and oxygen atoms in total. The van der Waals surface area contributed by atoms with Crippen molar-refractivity contribution in [3.63, 3.8) is 0 Å². The lowest BCUT2D eigenvalue weighted by Gasteiger charge is -2.01. The number of fused-ring (bicyclic) bond motifs is 1. The number of nitrogens with zero attached hydrogens (tertiary/aromatic N) is 3. The molecule has 4 rings (SSSR count). The van der Waals surface area contributed by atoms with Gasteiger partial charge in [0, 0.05) is 17.1 Å². The lowest BCUT2D eigenvalue weighted by molar-refractivity contribution is 0.595. The molecular weight excluding hydrogens is 354 g/mol. The lowest BCUT2D eigenvalue weighted by atomic mass is 10.1. The molecule has 0 unspecified atom stereocenters. The van der Waals surface area contributed by atoms with Crippen molar-refractivity contribution in [3.05, 3.63) is 66.4 Å². The largest absolute Gasteiger partial charge is 0.255 e. The number of benzene rings is 2. The van der Waals surface area contributed by atoms with Gasteiger partial charge in [-0.15, -0.1) is 0 Å². The zero-order valence-corrected chi connectivity index (χ0v) is 14.9. The van der Waals surface area contributed by atoms with Crippen LogP contribution in [0.1, 0.15) is 5.56 Å². The van der Waals surface area contributed by atoms with E-state index < -0.39 is 9.84 Å². The molecule has 0 aliphatic carbocycles. The Morgan fingerprint density at radius 3 is 2.56 bits per heavy atom. The molecule has 0 amide bonds. The number of rotatable bonds is 3. The van der Waals surface area contributed by atoms with Gasteiger partial charge in [-0.1, -0.05) is 35.9 Å². The normalized spacial score (nSPS) is 11.7. The van der Waals surface area contributed by atoms with E-state index in [1.54, 1.807) is 30.5 Å². The Balaban J connectivity index is 1.75. The summed E-state index contributed by atoms with van der Waals surface area (Å²) < 4.78 is 29.6. The van der Waals surface area contributed by atoms with E-state index in [4.69, 9.17) is 0 Å². The first kappa shape index (κ1) is 15.9. The number of sulfone groups is 1. The van der Waals surface area contributed by atoms with E-state index in [0.717, 1.165) is 28.0 Å². The van der Waals surface area contributed by atoms with Crippen LogP contribution in [0.15, 0.2) is 70.0 Å². The first-order valence-electron chi connectivity index (χ1n) is 7.55. The topological polar surface area (TPSA) is 72.8 Å². The molecule has 0 saturated carbocycles. The molecule has 25 heavy (non-hydrogen) atoms. The van der Waals surface area contributed by atoms with E-state index in [0.29, 0.717) is 11.4 Å². The van der Waals surface area contributed by atoms with Gasteiger partial charge in [0.1, 0.15) is 0 Å². The van der Waals surface area contributed by atoms with Crippen molar-refractivity contribution in [1.29, 1.82) is 0 Å². The molecule has 2 aromatic heterocycles. The van der Waals surface area contributed by atoms with Crippen LogP contribution in [0, 0.1) is 6.92 Å². The van der Waals surface area contributed by atoms with Crippen molar-refractivity contribution < 1.29 is 8.42 Å². The summed E-state index contributed by atoms with van der Waals surface area (Å²) in [5.41, 5.74) is 2.56. The van der Waals surface area contributed by atoms with Gasteiger partial charge in [-0.3, -0.25) is 4.98 Å². The monoisotopic (exact) mass is 367 g/mol. The fraction of sp³-hybridized carbons (Fsp3) is 0.0556. The van der Waals surface area contributed by atoms with Crippen LogP contribution in [-0.4, -0.2) is 22.8 Å². The quantitative estimate of drug-likeness (QED) is 0.549. The first-order chi connectivity index (χ1) is 12.0. The minimum Gasteiger partial charge on any atom is -0.255 e. The van der Waals surface area contributed by atoms with E-state index >= 15 is 0 Å². The van der Waals surface area contributed by atoms with Crippen LogP contribution in [0.3, 0.4) is 0 Å². The van der Waals surface area contributed by atoms with Gasteiger partial charge in [-0.05, 0) is 42.7 Å². The highest BCUT2D eigenvalue weighted by Crippen LogP contribution is 2.27. The third kappa shape index (κ3) is 2.92. The number of hydrogen-bond donors (Lipinski definition) is 0. The van der Waals surface area contributed by atoms with Crippen LogP contribution in [0.4, 0.5) is 0 Å². The van der Waals surface area contributed by atoms with Gasteiger partial charge in [-0.2, -0.15) is 4.37 Å². The van der Waals surface area contributed by atoms with E-state index in [1.165, 1.54) is 0 Å². The average Bonchev–Trinajstić information content (AvgIpc) is 3.13. The average molecular weight is 367 g/mol. The Labute approximate surface area is 149 Å². The SMILES string of the molecule is Cc1ccc(S(=O)(=O)c2nc(-c3cnc4ccccc4c3)ns2)cc1. The molecule has 0 N–H and O–H groups in total. The third-order valence-corrected chi connectivity index (χ3v) is 6.65. The highest BCUT2D eigenvalue weighted by atomic mass is 32.2. The molecule has 7 heteroatoms. The van der Waals surface area contributed by atoms with Gasteiger partial charge in [0.05, 0.1) is 10.4 Å². The van der Waals surface area contributed by atoms with Crippen molar-refractivity contribution in [2.24, 2.45) is 0 Å². The maximum atomic E-state index is 12.7. The summed E-state index contributed by atoms with van der Waals surface area (Å²) in [4.78, 5) is 8.83. The summed E-state index contributed by atoms with van der Waals surface area (Å²) >= 11 is 0.879. The van der Waals surface area contributed by atoms with E-state index in [-0.39, 0.29) is 9.24 Å². The number of aromatic nitrogens is 3. The maximum absolute atomic E-state index is 12.7. The molecule has 0 aliphatic heterocycles. The molecule has 0 aliphatic rings. The van der Waals surface area contributed by atoms with E-state index in [1.807, 2.05) is 37.3 Å². The van der Waals surface area contributed by atoms with Gasteiger partial charge in [-0.25, -0.2) is 13.4 Å². The van der Waals surface area contributed by atoms with Crippen molar-refractivity contribution in [2.75, 3.05) is 0 Å². The van der Waals surface area contributed by atoms with Gasteiger partial charge < -0.3 is 0 Å². The zero-order valence-electron chi connectivity index (χ0n) is 13.2. The van der Waals surface area contributed by atoms with E-state index in [2.05, 4.69) is 14.3 Å². The van der Waals surface area contributed by atoms with Gasteiger partial charge in [0.2, 0.25) is 14.2 Å². The van der Waals surface area contributed by atoms with Crippen LogP contribution in [0.2, 0.25) is 0 Å². The Morgan fingerprint density at radius 2 is 1.76 bits per heavy atom. The predicted molar refractivity (Wildman–Crippen MR) is 97.3 cm³/mol. The van der Waals surface area contributed by atoms with E-state index in [9.17, 15) is 8.42 Å². The second kappa shape index (κ2) is 6.02. The highest BCUT2D eigenvalue weighted by Gasteiger charge is 2.23. The molecule has 4 aromatic rings. The summed E-state index contributed by atoms with van der Waals surface area (Å²) in [6.07, 6.45) is 1.66. The minimum absolute atomic E-state index is 0.0143. The molecular formula is C18H13N3O2S2. The second-order valence-electron chi connectivity index (χ2n) is 5.62. The summed E-state index contributed by atoms with van der Waals surface area (Å²) in [6, 6.07) is 16.3. The van der Waals surface area contributed by atoms with Crippen LogP contribution < -0.4 is 0 Å². The van der Waals surface area contributed by atoms with Crippen molar-refractivity contribution in [1.82, 2.24) is 14.3 Å². The Morgan fingerprint density at radius 1 is 1.00 bits per heavy atom. The van der Waals surface area contributed by atoms with Crippen LogP contribution in [0.25, 0.3) is 22.3 Å². The van der Waals surface area contributed by atoms with Crippen molar-refractivity contribution >= 4 is 32.3 Å². The summed E-state index contributed by atoms with van der Waals surface area (Å²) in [5, 5.41) is 0.956. The maximum Gasteiger partial charge on any atom is 0.235 e. The van der Waals surface area contributed by atoms with Gasteiger partial charge in [0.15, 0.2) is 5.82 Å². The number of para-hydroxylation sites is 1. The number of hydrogen-bond acceptors (Lipinski definition) is 6. The van der Waals surface area contributed by atoms with Crippen LogP contribution >= 0.6 is 11.5 Å². The number of pyridine rings is 1. The summed E-state index contributed by atoms with van der Waals surface area (Å²) in [5.74, 6) is 0.369. The fourth-order valence-corrected chi connectivity index (χ4v) is 4.58. The molecule has 2 heterocycles. The smallest absolute Gasteiger partial charge is 0.235 e. The molecule has 0 radical (unpaired) electrons. The predicted octanol–water partition coefficient (Wildman–Crippen LogP) is 3.89. The summed E-state index contributed by atoms with van der Waals surface area (Å²) in [6.45, 7) is 1.91. The fourth-order valence-electron chi connectivity index (χ4n) is 2.45. The minimum atomic E-state index is -3.66. The molecule has 0 saturated heterocycles. The number of aryl methyl sites for hydroxylation is 1. The lowest BCUT2D eigenvalue weighted by Crippen LogP contribution is -2.01. The molecule has 0 fully saturated rings. The Kier molecular flexibility index (Phi) is 3.82. The van der Waals surface area contributed by atoms with Gasteiger partial charge >= 0.3 is 0 Å². The molecule has 124 valence electrons. The van der Waals surface area contributed by atoms with Crippen molar-refractivity contribution in [2.45, 2.75) is 16.2 Å². The first-order valence-corrected chi connectivity index (χ1v) is 9.80. The second-order valence-corrected chi connectivity index (χ2v) is 8.49. The van der Waals surface area contributed by atoms with Crippen molar-refractivity contribution in [3.8, 4) is 11.4 Å². The molecule has 0 bridgehead atoms. The summed E-state index contributed by atoms with van der Waals surface area (Å²) in [7, 11) is -3.66. The van der Waals surface area contributed by atoms with Crippen LogP contribution in [0.5, 0.6) is 0 Å². The standard InChI is InChI=1S/C18H13N3O2S2/c1-12-6-8-15(9-7-12)25(22,23)18-20-17(21-24-18)14-10-13-4-2-3-5-16(13)19-11-14/h2-11H,1H3. The van der Waals surface area contributed by atoms with Gasteiger partial charge in [0.25, 0.3) is 0 Å².